The van der Waals surface area contributed by atoms with Crippen LogP contribution in [0.2, 0.25) is 0 Å². The topological polar surface area (TPSA) is 61.5 Å². The number of hydrogen-bond acceptors (Lipinski definition) is 2. The molecule has 0 spiro atoms. The maximum atomic E-state index is 11.0. The molecule has 2 N–H and O–H groups in total. The summed E-state index contributed by atoms with van der Waals surface area (Å²) >= 11 is 3.28. The van der Waals surface area contributed by atoms with E-state index in [2.05, 4.69) is 31.1 Å². The summed E-state index contributed by atoms with van der Waals surface area (Å²) in [7, 11) is 0. The second kappa shape index (κ2) is 2.20. The third-order valence-electron chi connectivity index (χ3n) is 1.45. The lowest BCUT2D eigenvalue weighted by atomic mass is 10.3. The standard InChI is InChI=1S/C6H4BrN3O/c7-4-2-8-6(11)5-3(4)1-9-10-5/h1-2H,(H,8,11)(H,9,10). The van der Waals surface area contributed by atoms with Crippen molar-refractivity contribution in [2.75, 3.05) is 0 Å². The van der Waals surface area contributed by atoms with Crippen molar-refractivity contribution in [1.29, 1.82) is 0 Å². The molecule has 0 aliphatic rings. The normalized spacial score (nSPS) is 10.6. The highest BCUT2D eigenvalue weighted by atomic mass is 79.9. The molecule has 56 valence electrons. The lowest BCUT2D eigenvalue weighted by molar-refractivity contribution is 1.10. The van der Waals surface area contributed by atoms with Gasteiger partial charge >= 0.3 is 0 Å². The molecule has 0 aliphatic heterocycles. The van der Waals surface area contributed by atoms with Gasteiger partial charge < -0.3 is 4.98 Å². The molecular weight excluding hydrogens is 210 g/mol. The monoisotopic (exact) mass is 213 g/mol. The SMILES string of the molecule is O=c1[nH]cc(Br)c2cn[nH]c12. The van der Waals surface area contributed by atoms with Crippen LogP contribution in [0.25, 0.3) is 10.9 Å². The number of fused-ring (bicyclic) bond motifs is 1. The molecule has 2 aromatic rings. The molecule has 0 amide bonds. The Balaban J connectivity index is 3.08. The zero-order valence-electron chi connectivity index (χ0n) is 5.39. The van der Waals surface area contributed by atoms with Crippen molar-refractivity contribution in [3.05, 3.63) is 27.2 Å². The van der Waals surface area contributed by atoms with E-state index in [1.54, 1.807) is 12.4 Å². The van der Waals surface area contributed by atoms with E-state index in [4.69, 9.17) is 0 Å². The molecule has 2 aromatic heterocycles. The first-order chi connectivity index (χ1) is 5.29. The first-order valence-electron chi connectivity index (χ1n) is 2.99. The third-order valence-corrected chi connectivity index (χ3v) is 2.11. The van der Waals surface area contributed by atoms with Crippen molar-refractivity contribution in [1.82, 2.24) is 15.2 Å². The number of rotatable bonds is 0. The number of nitrogens with zero attached hydrogens (tertiary/aromatic N) is 1. The third kappa shape index (κ3) is 0.883. The zero-order valence-corrected chi connectivity index (χ0v) is 6.97. The Bertz CT molecular complexity index is 444. The van der Waals surface area contributed by atoms with E-state index < -0.39 is 0 Å². The van der Waals surface area contributed by atoms with Crippen molar-refractivity contribution in [2.24, 2.45) is 0 Å². The van der Waals surface area contributed by atoms with Gasteiger partial charge in [-0.15, -0.1) is 0 Å². The van der Waals surface area contributed by atoms with E-state index in [0.29, 0.717) is 5.52 Å². The van der Waals surface area contributed by atoms with Crippen molar-refractivity contribution in [3.63, 3.8) is 0 Å². The number of aromatic amines is 2. The molecular formula is C6H4BrN3O. The Morgan fingerprint density at radius 1 is 1.55 bits per heavy atom. The largest absolute Gasteiger partial charge is 0.326 e. The number of hydrogen-bond donors (Lipinski definition) is 2. The quantitative estimate of drug-likeness (QED) is 0.687. The molecule has 0 saturated heterocycles. The van der Waals surface area contributed by atoms with Crippen molar-refractivity contribution >= 4 is 26.8 Å². The van der Waals surface area contributed by atoms with Crippen LogP contribution in [0.3, 0.4) is 0 Å². The van der Waals surface area contributed by atoms with Gasteiger partial charge in [-0.3, -0.25) is 9.89 Å². The van der Waals surface area contributed by atoms with Crippen LogP contribution >= 0.6 is 15.9 Å². The Morgan fingerprint density at radius 2 is 2.36 bits per heavy atom. The minimum atomic E-state index is -0.152. The fraction of sp³-hybridized carbons (Fsp3) is 0. The van der Waals surface area contributed by atoms with Gasteiger partial charge in [0.2, 0.25) is 0 Å². The van der Waals surface area contributed by atoms with Crippen LogP contribution in [0.1, 0.15) is 0 Å². The summed E-state index contributed by atoms with van der Waals surface area (Å²) in [4.78, 5) is 13.6. The van der Waals surface area contributed by atoms with E-state index in [1.165, 1.54) is 0 Å². The fourth-order valence-electron chi connectivity index (χ4n) is 0.919. The minimum absolute atomic E-state index is 0.152. The molecule has 0 saturated carbocycles. The van der Waals surface area contributed by atoms with Crippen LogP contribution < -0.4 is 5.56 Å². The van der Waals surface area contributed by atoms with Crippen LogP contribution in [0.15, 0.2) is 21.7 Å². The average Bonchev–Trinajstić information content (AvgIpc) is 2.45. The lowest BCUT2D eigenvalue weighted by Gasteiger charge is -1.89. The summed E-state index contributed by atoms with van der Waals surface area (Å²) in [5.74, 6) is 0. The van der Waals surface area contributed by atoms with Crippen molar-refractivity contribution in [2.45, 2.75) is 0 Å². The Hall–Kier alpha value is -1.10. The Morgan fingerprint density at radius 3 is 3.09 bits per heavy atom. The summed E-state index contributed by atoms with van der Waals surface area (Å²) in [5, 5.41) is 7.15. The summed E-state index contributed by atoms with van der Waals surface area (Å²) < 4.78 is 0.834. The van der Waals surface area contributed by atoms with Crippen LogP contribution in [-0.2, 0) is 0 Å². The van der Waals surface area contributed by atoms with E-state index in [-0.39, 0.29) is 5.56 Å². The highest BCUT2D eigenvalue weighted by molar-refractivity contribution is 9.10. The van der Waals surface area contributed by atoms with Gasteiger partial charge in [0.25, 0.3) is 5.56 Å². The van der Waals surface area contributed by atoms with Gasteiger partial charge in [0.1, 0.15) is 5.52 Å². The fourth-order valence-corrected chi connectivity index (χ4v) is 1.33. The predicted octanol–water partition coefficient (Wildman–Crippen LogP) is 1.01. The lowest BCUT2D eigenvalue weighted by Crippen LogP contribution is -2.04. The van der Waals surface area contributed by atoms with Gasteiger partial charge in [-0.25, -0.2) is 0 Å². The molecule has 0 aliphatic carbocycles. The van der Waals surface area contributed by atoms with E-state index in [1.807, 2.05) is 0 Å². The Kier molecular flexibility index (Phi) is 1.32. The summed E-state index contributed by atoms with van der Waals surface area (Å²) in [5.41, 5.74) is 0.347. The van der Waals surface area contributed by atoms with Crippen molar-refractivity contribution < 1.29 is 0 Å². The summed E-state index contributed by atoms with van der Waals surface area (Å²) in [6.45, 7) is 0. The smallest absolute Gasteiger partial charge is 0.273 e. The zero-order chi connectivity index (χ0) is 7.84. The van der Waals surface area contributed by atoms with Gasteiger partial charge in [-0.2, -0.15) is 5.10 Å². The van der Waals surface area contributed by atoms with Gasteiger partial charge in [0, 0.05) is 16.1 Å². The summed E-state index contributed by atoms with van der Waals surface area (Å²) in [6, 6.07) is 0. The molecule has 0 radical (unpaired) electrons. The number of nitrogens with one attached hydrogen (secondary N) is 2. The van der Waals surface area contributed by atoms with Gasteiger partial charge in [-0.05, 0) is 15.9 Å². The highest BCUT2D eigenvalue weighted by Gasteiger charge is 2.02. The van der Waals surface area contributed by atoms with E-state index in [0.717, 1.165) is 9.86 Å². The van der Waals surface area contributed by atoms with Crippen LogP contribution in [-0.4, -0.2) is 15.2 Å². The van der Waals surface area contributed by atoms with Gasteiger partial charge in [0.05, 0.1) is 6.20 Å². The second-order valence-electron chi connectivity index (χ2n) is 2.12. The van der Waals surface area contributed by atoms with E-state index in [9.17, 15) is 4.79 Å². The second-order valence-corrected chi connectivity index (χ2v) is 2.98. The molecule has 0 atom stereocenters. The molecule has 11 heavy (non-hydrogen) atoms. The molecule has 0 bridgehead atoms. The van der Waals surface area contributed by atoms with Crippen molar-refractivity contribution in [3.8, 4) is 0 Å². The van der Waals surface area contributed by atoms with E-state index >= 15 is 0 Å². The first-order valence-corrected chi connectivity index (χ1v) is 3.78. The van der Waals surface area contributed by atoms with Crippen LogP contribution in [0.4, 0.5) is 0 Å². The molecule has 2 heterocycles. The maximum Gasteiger partial charge on any atom is 0.273 e. The molecule has 4 nitrogen and oxygen atoms in total. The molecule has 2 rings (SSSR count). The highest BCUT2D eigenvalue weighted by Crippen LogP contribution is 2.16. The Labute approximate surface area is 69.8 Å². The number of pyridine rings is 1. The average molecular weight is 214 g/mol. The molecule has 0 aromatic carbocycles. The van der Waals surface area contributed by atoms with Crippen LogP contribution in [0, 0.1) is 0 Å². The first kappa shape index (κ1) is 6.60. The van der Waals surface area contributed by atoms with Gasteiger partial charge in [-0.1, -0.05) is 0 Å². The van der Waals surface area contributed by atoms with Crippen LogP contribution in [0.5, 0.6) is 0 Å². The summed E-state index contributed by atoms with van der Waals surface area (Å²) in [6.07, 6.45) is 3.20. The predicted molar refractivity (Wildman–Crippen MR) is 44.4 cm³/mol. The number of aromatic nitrogens is 3. The molecule has 5 heteroatoms. The number of halogens is 1. The minimum Gasteiger partial charge on any atom is -0.326 e. The number of H-pyrrole nitrogens is 2. The molecule has 0 unspecified atom stereocenters. The maximum absolute atomic E-state index is 11.0. The molecule has 0 fully saturated rings. The van der Waals surface area contributed by atoms with Gasteiger partial charge in [0.15, 0.2) is 0 Å².